The molecule has 3 nitrogen and oxygen atoms in total. The fourth-order valence-corrected chi connectivity index (χ4v) is 7.80. The van der Waals surface area contributed by atoms with Gasteiger partial charge in [0.25, 0.3) is 0 Å². The van der Waals surface area contributed by atoms with E-state index in [1.54, 1.807) is 6.08 Å². The number of nitrogens with two attached hydrogens (primary N) is 1. The highest BCUT2D eigenvalue weighted by Gasteiger charge is 2.63. The predicted octanol–water partition coefficient (Wildman–Crippen LogP) is 2.81. The average molecular weight is 339 g/mol. The zero-order chi connectivity index (χ0) is 16.6. The van der Waals surface area contributed by atoms with E-state index in [0.29, 0.717) is 12.8 Å². The van der Waals surface area contributed by atoms with Gasteiger partial charge in [0.15, 0.2) is 0 Å². The highest BCUT2D eigenvalue weighted by atomic mass is 32.2. The highest BCUT2D eigenvalue weighted by Crippen LogP contribution is 2.64. The summed E-state index contributed by atoms with van der Waals surface area (Å²) in [4.78, 5) is 0. The van der Waals surface area contributed by atoms with Crippen molar-refractivity contribution in [2.24, 2.45) is 34.3 Å². The first-order valence-corrected chi connectivity index (χ1v) is 9.61. The number of alkyl halides is 1. The average Bonchev–Trinajstić information content (AvgIpc) is 2.73. The van der Waals surface area contributed by atoms with Crippen LogP contribution in [0.1, 0.15) is 26.7 Å². The summed E-state index contributed by atoms with van der Waals surface area (Å²) in [6.07, 6.45) is 5.45. The molecular formula is C18H26FNO2S. The Labute approximate surface area is 141 Å². The molecule has 4 aliphatic rings. The number of aliphatic hydroxyl groups is 2. The minimum atomic E-state index is -0.965. The van der Waals surface area contributed by atoms with Crippen LogP contribution in [-0.2, 0) is 0 Å². The molecule has 0 radical (unpaired) electrons. The van der Waals surface area contributed by atoms with Crippen LogP contribution in [0.5, 0.6) is 0 Å². The minimum absolute atomic E-state index is 0.0742. The summed E-state index contributed by atoms with van der Waals surface area (Å²) in [7, 11) is 0. The minimum Gasteiger partial charge on any atom is -0.508 e. The number of hydrogen-bond donors (Lipinski definition) is 3. The van der Waals surface area contributed by atoms with Gasteiger partial charge in [-0.15, -0.1) is 0 Å². The van der Waals surface area contributed by atoms with Crippen molar-refractivity contribution in [1.82, 2.24) is 0 Å². The molecule has 1 saturated heterocycles. The Balaban J connectivity index is 1.73. The molecule has 23 heavy (non-hydrogen) atoms. The zero-order valence-corrected chi connectivity index (χ0v) is 14.5. The van der Waals surface area contributed by atoms with Crippen LogP contribution in [0.25, 0.3) is 0 Å². The van der Waals surface area contributed by atoms with Crippen LogP contribution < -0.4 is 5.73 Å². The van der Waals surface area contributed by atoms with Crippen molar-refractivity contribution in [3.05, 3.63) is 24.0 Å². The third kappa shape index (κ3) is 2.02. The molecule has 4 N–H and O–H groups in total. The first kappa shape index (κ1) is 16.0. The van der Waals surface area contributed by atoms with E-state index in [1.165, 1.54) is 0 Å². The molecule has 3 fully saturated rings. The van der Waals surface area contributed by atoms with Gasteiger partial charge < -0.3 is 15.9 Å². The van der Waals surface area contributed by atoms with Crippen molar-refractivity contribution in [2.75, 3.05) is 5.75 Å². The van der Waals surface area contributed by atoms with E-state index in [1.807, 2.05) is 17.8 Å². The van der Waals surface area contributed by atoms with Crippen LogP contribution in [0.15, 0.2) is 24.0 Å². The van der Waals surface area contributed by atoms with Gasteiger partial charge in [-0.1, -0.05) is 19.9 Å². The van der Waals surface area contributed by atoms with Crippen molar-refractivity contribution in [2.45, 2.75) is 50.3 Å². The number of hydrogen-bond acceptors (Lipinski definition) is 4. The van der Waals surface area contributed by atoms with Crippen molar-refractivity contribution in [3.63, 3.8) is 0 Å². The number of allylic oxidation sites excluding steroid dienone is 3. The van der Waals surface area contributed by atoms with E-state index < -0.39 is 18.3 Å². The summed E-state index contributed by atoms with van der Waals surface area (Å²) in [5.74, 6) is 1.48. The molecule has 9 atom stereocenters. The van der Waals surface area contributed by atoms with Gasteiger partial charge in [-0.2, -0.15) is 11.8 Å². The lowest BCUT2D eigenvalue weighted by atomic mass is 9.55. The van der Waals surface area contributed by atoms with Gasteiger partial charge in [0.05, 0.1) is 6.10 Å². The van der Waals surface area contributed by atoms with Gasteiger partial charge in [0.2, 0.25) is 0 Å². The van der Waals surface area contributed by atoms with Crippen molar-refractivity contribution >= 4 is 11.8 Å². The van der Waals surface area contributed by atoms with Crippen LogP contribution >= 0.6 is 11.8 Å². The SMILES string of the molecule is C[C@]12C=CC(O)=CC1CC(O)[C@@H]1[C@H]2SC[C@]2(C)C(N)C(F)C[C@@H]12. The van der Waals surface area contributed by atoms with Crippen LogP contribution in [0.4, 0.5) is 4.39 Å². The smallest absolute Gasteiger partial charge is 0.116 e. The van der Waals surface area contributed by atoms with Crippen LogP contribution in [-0.4, -0.2) is 39.5 Å². The molecule has 4 rings (SSSR count). The van der Waals surface area contributed by atoms with Crippen molar-refractivity contribution in [1.29, 1.82) is 0 Å². The Morgan fingerprint density at radius 1 is 1.35 bits per heavy atom. The summed E-state index contributed by atoms with van der Waals surface area (Å²) in [6, 6.07) is -0.426. The lowest BCUT2D eigenvalue weighted by molar-refractivity contribution is -0.0419. The second kappa shape index (κ2) is 4.99. The summed E-state index contributed by atoms with van der Waals surface area (Å²) in [5.41, 5.74) is 5.86. The van der Waals surface area contributed by atoms with Gasteiger partial charge in [-0.3, -0.25) is 0 Å². The molecule has 0 bridgehead atoms. The second-order valence-corrected chi connectivity index (χ2v) is 9.53. The van der Waals surface area contributed by atoms with Gasteiger partial charge in [-0.05, 0) is 42.2 Å². The van der Waals surface area contributed by atoms with E-state index in [0.717, 1.165) is 5.75 Å². The van der Waals surface area contributed by atoms with Gasteiger partial charge in [0, 0.05) is 28.4 Å². The van der Waals surface area contributed by atoms with E-state index in [4.69, 9.17) is 5.73 Å². The monoisotopic (exact) mass is 339 g/mol. The van der Waals surface area contributed by atoms with Crippen molar-refractivity contribution in [3.8, 4) is 0 Å². The number of aliphatic hydroxyl groups excluding tert-OH is 2. The molecule has 1 heterocycles. The predicted molar refractivity (Wildman–Crippen MR) is 90.9 cm³/mol. The molecule has 0 spiro atoms. The fourth-order valence-electron chi connectivity index (χ4n) is 5.65. The van der Waals surface area contributed by atoms with E-state index >= 15 is 0 Å². The molecule has 1 aliphatic heterocycles. The number of fused-ring (bicyclic) bond motifs is 5. The Morgan fingerprint density at radius 3 is 2.83 bits per heavy atom. The Bertz CT molecular complexity index is 581. The molecule has 3 aliphatic carbocycles. The lowest BCUT2D eigenvalue weighted by Gasteiger charge is -2.58. The second-order valence-electron chi connectivity index (χ2n) is 8.40. The quantitative estimate of drug-likeness (QED) is 0.635. The molecule has 0 amide bonds. The third-order valence-electron chi connectivity index (χ3n) is 7.20. The summed E-state index contributed by atoms with van der Waals surface area (Å²) >= 11 is 1.85. The standard InChI is InChI=1S/C18H26FNO2S/c1-17-4-3-10(21)5-9(17)6-13(22)14-11-7-12(19)15(20)18(11,2)8-23-16(14)17/h3-5,9,11-16,21-22H,6-8,20H2,1-2H3/t9?,11-,12?,13?,14+,15?,16+,17-,18-/m0/s1. The maximum Gasteiger partial charge on any atom is 0.116 e. The maximum atomic E-state index is 14.4. The van der Waals surface area contributed by atoms with E-state index in [-0.39, 0.29) is 39.6 Å². The van der Waals surface area contributed by atoms with Gasteiger partial charge >= 0.3 is 0 Å². The molecule has 0 aromatic carbocycles. The van der Waals surface area contributed by atoms with Gasteiger partial charge in [-0.25, -0.2) is 4.39 Å². The fraction of sp³-hybridized carbons (Fsp3) is 0.778. The highest BCUT2D eigenvalue weighted by molar-refractivity contribution is 8.00. The first-order chi connectivity index (χ1) is 10.8. The molecule has 5 heteroatoms. The van der Waals surface area contributed by atoms with E-state index in [9.17, 15) is 14.6 Å². The number of halogens is 1. The zero-order valence-electron chi connectivity index (χ0n) is 13.7. The Hall–Kier alpha value is -0.520. The van der Waals surface area contributed by atoms with Crippen LogP contribution in [0, 0.1) is 28.6 Å². The maximum absolute atomic E-state index is 14.4. The lowest BCUT2D eigenvalue weighted by Crippen LogP contribution is -2.60. The number of rotatable bonds is 0. The van der Waals surface area contributed by atoms with Crippen molar-refractivity contribution < 1.29 is 14.6 Å². The third-order valence-corrected chi connectivity index (χ3v) is 9.17. The Morgan fingerprint density at radius 2 is 2.09 bits per heavy atom. The molecule has 4 unspecified atom stereocenters. The first-order valence-electron chi connectivity index (χ1n) is 8.57. The van der Waals surface area contributed by atoms with Crippen LogP contribution in [0.3, 0.4) is 0 Å². The summed E-state index contributed by atoms with van der Waals surface area (Å²) < 4.78 is 14.4. The number of thioether (sulfide) groups is 1. The summed E-state index contributed by atoms with van der Waals surface area (Å²) in [5, 5.41) is 20.9. The van der Waals surface area contributed by atoms with E-state index in [2.05, 4.69) is 19.9 Å². The van der Waals surface area contributed by atoms with Crippen LogP contribution in [0.2, 0.25) is 0 Å². The molecular weight excluding hydrogens is 313 g/mol. The Kier molecular flexibility index (Phi) is 3.47. The topological polar surface area (TPSA) is 66.5 Å². The largest absolute Gasteiger partial charge is 0.508 e. The summed E-state index contributed by atoms with van der Waals surface area (Å²) in [6.45, 7) is 4.33. The normalized spacial score (nSPS) is 58.1. The molecule has 2 saturated carbocycles. The molecule has 0 aromatic rings. The van der Waals surface area contributed by atoms with Gasteiger partial charge in [0.1, 0.15) is 11.9 Å². The molecule has 0 aromatic heterocycles. The molecule has 128 valence electrons.